The molecule has 138 valence electrons. The average Bonchev–Trinajstić information content (AvgIpc) is 2.72. The molecule has 1 aromatic heterocycles. The van der Waals surface area contributed by atoms with Gasteiger partial charge in [0.25, 0.3) is 0 Å². The van der Waals surface area contributed by atoms with Crippen LogP contribution in [0.2, 0.25) is 0 Å². The molecule has 0 saturated heterocycles. The number of carbonyl (C=O) groups is 1. The molecule has 0 aliphatic rings. The Balaban J connectivity index is 1.88. The predicted molar refractivity (Wildman–Crippen MR) is 109 cm³/mol. The molecule has 1 N–H and O–H groups in total. The summed E-state index contributed by atoms with van der Waals surface area (Å²) < 4.78 is 5.32. The number of nitrogens with one attached hydrogen (secondary N) is 1. The summed E-state index contributed by atoms with van der Waals surface area (Å²) in [6.07, 6.45) is 1.76. The third kappa shape index (κ3) is 4.53. The maximum atomic E-state index is 13.1. The van der Waals surface area contributed by atoms with Crippen LogP contribution in [0.1, 0.15) is 46.9 Å². The summed E-state index contributed by atoms with van der Waals surface area (Å²) in [5.74, 6) is 1.05. The monoisotopic (exact) mass is 360 g/mol. The number of ether oxygens (including phenoxy) is 1. The zero-order chi connectivity index (χ0) is 19.2. The molecule has 3 aromatic rings. The molecule has 0 saturated carbocycles. The quantitative estimate of drug-likeness (QED) is 0.599. The van der Waals surface area contributed by atoms with Gasteiger partial charge in [0.1, 0.15) is 5.75 Å². The molecule has 0 bridgehead atoms. The summed E-state index contributed by atoms with van der Waals surface area (Å²) in [5.41, 5.74) is 4.13. The Morgan fingerprint density at radius 2 is 1.85 bits per heavy atom. The highest BCUT2D eigenvalue weighted by Crippen LogP contribution is 2.26. The number of hydrogen-bond acceptors (Lipinski definition) is 4. The van der Waals surface area contributed by atoms with Gasteiger partial charge in [-0.1, -0.05) is 44.2 Å². The third-order valence-corrected chi connectivity index (χ3v) is 4.50. The Morgan fingerprint density at radius 1 is 1.07 bits per heavy atom. The van der Waals surface area contributed by atoms with Crippen LogP contribution in [-0.2, 0) is 6.54 Å². The van der Waals surface area contributed by atoms with E-state index in [1.54, 1.807) is 19.4 Å². The van der Waals surface area contributed by atoms with Crippen LogP contribution >= 0.6 is 0 Å². The number of hydrogen-bond donors (Lipinski definition) is 1. The van der Waals surface area contributed by atoms with E-state index in [0.717, 1.165) is 11.4 Å². The minimum absolute atomic E-state index is 0.0345. The Hall–Kier alpha value is -3.14. The highest BCUT2D eigenvalue weighted by atomic mass is 16.5. The first kappa shape index (κ1) is 18.6. The second kappa shape index (κ2) is 8.49. The molecule has 0 unspecified atom stereocenters. The Bertz CT molecular complexity index is 903. The highest BCUT2D eigenvalue weighted by Gasteiger charge is 2.15. The molecule has 0 aliphatic carbocycles. The van der Waals surface area contributed by atoms with Crippen molar-refractivity contribution in [1.82, 2.24) is 4.98 Å². The van der Waals surface area contributed by atoms with Gasteiger partial charge in [0.15, 0.2) is 5.78 Å². The van der Waals surface area contributed by atoms with Gasteiger partial charge < -0.3 is 10.1 Å². The molecule has 1 heterocycles. The normalized spacial score (nSPS) is 10.7. The van der Waals surface area contributed by atoms with Crippen molar-refractivity contribution in [2.24, 2.45) is 0 Å². The van der Waals surface area contributed by atoms with Gasteiger partial charge in [0.05, 0.1) is 19.3 Å². The van der Waals surface area contributed by atoms with E-state index in [9.17, 15) is 4.79 Å². The van der Waals surface area contributed by atoms with Crippen molar-refractivity contribution in [2.45, 2.75) is 26.3 Å². The van der Waals surface area contributed by atoms with Crippen molar-refractivity contribution < 1.29 is 9.53 Å². The molecule has 4 heteroatoms. The van der Waals surface area contributed by atoms with E-state index in [1.165, 1.54) is 5.56 Å². The first-order valence-electron chi connectivity index (χ1n) is 9.05. The molecular weight excluding hydrogens is 336 g/mol. The first-order valence-corrected chi connectivity index (χ1v) is 9.05. The van der Waals surface area contributed by atoms with Gasteiger partial charge in [-0.25, -0.2) is 0 Å². The predicted octanol–water partition coefficient (Wildman–Crippen LogP) is 5.06. The first-order chi connectivity index (χ1) is 13.1. The van der Waals surface area contributed by atoms with Gasteiger partial charge in [0.2, 0.25) is 0 Å². The van der Waals surface area contributed by atoms with Crippen LogP contribution in [0.15, 0.2) is 66.9 Å². The number of nitrogens with zero attached hydrogens (tertiary/aromatic N) is 1. The summed E-state index contributed by atoms with van der Waals surface area (Å²) in [5, 5.41) is 3.32. The molecule has 2 aromatic carbocycles. The number of methoxy groups -OCH3 is 1. The maximum Gasteiger partial charge on any atom is 0.195 e. The van der Waals surface area contributed by atoms with Gasteiger partial charge in [-0.15, -0.1) is 0 Å². The standard InChI is InChI=1S/C23H24N2O2/c1-16(2)17-7-9-18(10-8-17)23(26)21-14-20(27-3)11-12-22(21)25-15-19-6-4-5-13-24-19/h4-14,16,25H,15H2,1-3H3. The second-order valence-corrected chi connectivity index (χ2v) is 6.69. The minimum Gasteiger partial charge on any atom is -0.497 e. The Labute approximate surface area is 160 Å². The molecule has 0 amide bonds. The molecule has 0 spiro atoms. The topological polar surface area (TPSA) is 51.2 Å². The lowest BCUT2D eigenvalue weighted by Gasteiger charge is -2.13. The fourth-order valence-electron chi connectivity index (χ4n) is 2.86. The number of pyridine rings is 1. The number of aromatic nitrogens is 1. The zero-order valence-corrected chi connectivity index (χ0v) is 15.9. The number of benzene rings is 2. The average molecular weight is 360 g/mol. The molecule has 3 rings (SSSR count). The van der Waals surface area contributed by atoms with Gasteiger partial charge >= 0.3 is 0 Å². The van der Waals surface area contributed by atoms with Gasteiger partial charge in [0, 0.05) is 23.0 Å². The Kier molecular flexibility index (Phi) is 5.87. The molecule has 0 aliphatic heterocycles. The van der Waals surface area contributed by atoms with E-state index in [4.69, 9.17) is 4.74 Å². The molecular formula is C23H24N2O2. The molecule has 0 radical (unpaired) electrons. The van der Waals surface area contributed by atoms with E-state index in [0.29, 0.717) is 29.3 Å². The summed E-state index contributed by atoms with van der Waals surface area (Å²) in [4.78, 5) is 17.4. The van der Waals surface area contributed by atoms with Crippen LogP contribution in [0.3, 0.4) is 0 Å². The number of carbonyl (C=O) groups excluding carboxylic acids is 1. The summed E-state index contributed by atoms with van der Waals surface area (Å²) in [6, 6.07) is 19.1. The van der Waals surface area contributed by atoms with Crippen molar-refractivity contribution in [3.63, 3.8) is 0 Å². The summed E-state index contributed by atoms with van der Waals surface area (Å²) in [7, 11) is 1.60. The number of rotatable bonds is 7. The largest absolute Gasteiger partial charge is 0.497 e. The van der Waals surface area contributed by atoms with Gasteiger partial charge in [-0.3, -0.25) is 9.78 Å². The summed E-state index contributed by atoms with van der Waals surface area (Å²) in [6.45, 7) is 4.82. The zero-order valence-electron chi connectivity index (χ0n) is 15.9. The number of anilines is 1. The summed E-state index contributed by atoms with van der Waals surface area (Å²) >= 11 is 0. The lowest BCUT2D eigenvalue weighted by Crippen LogP contribution is -2.09. The number of ketones is 1. The van der Waals surface area contributed by atoms with Gasteiger partial charge in [-0.2, -0.15) is 0 Å². The lowest BCUT2D eigenvalue weighted by atomic mass is 9.97. The molecule has 0 atom stereocenters. The smallest absolute Gasteiger partial charge is 0.195 e. The van der Waals surface area contributed by atoms with E-state index >= 15 is 0 Å². The van der Waals surface area contributed by atoms with Crippen LogP contribution in [0.4, 0.5) is 5.69 Å². The van der Waals surface area contributed by atoms with Crippen LogP contribution in [0, 0.1) is 0 Å². The van der Waals surface area contributed by atoms with E-state index in [1.807, 2.05) is 54.6 Å². The fraction of sp³-hybridized carbons (Fsp3) is 0.217. The molecule has 0 fully saturated rings. The minimum atomic E-state index is -0.0345. The van der Waals surface area contributed by atoms with Crippen molar-refractivity contribution in [2.75, 3.05) is 12.4 Å². The molecule has 4 nitrogen and oxygen atoms in total. The maximum absolute atomic E-state index is 13.1. The fourth-order valence-corrected chi connectivity index (χ4v) is 2.86. The van der Waals surface area contributed by atoms with Crippen molar-refractivity contribution >= 4 is 11.5 Å². The highest BCUT2D eigenvalue weighted by molar-refractivity contribution is 6.12. The van der Waals surface area contributed by atoms with Crippen molar-refractivity contribution in [3.8, 4) is 5.75 Å². The third-order valence-electron chi connectivity index (χ3n) is 4.50. The lowest BCUT2D eigenvalue weighted by molar-refractivity contribution is 0.103. The van der Waals surface area contributed by atoms with Crippen molar-refractivity contribution in [1.29, 1.82) is 0 Å². The van der Waals surface area contributed by atoms with Crippen LogP contribution in [0.5, 0.6) is 5.75 Å². The van der Waals surface area contributed by atoms with E-state index < -0.39 is 0 Å². The van der Waals surface area contributed by atoms with Crippen molar-refractivity contribution in [3.05, 3.63) is 89.2 Å². The van der Waals surface area contributed by atoms with Crippen LogP contribution in [0.25, 0.3) is 0 Å². The van der Waals surface area contributed by atoms with E-state index in [-0.39, 0.29) is 5.78 Å². The molecule has 27 heavy (non-hydrogen) atoms. The van der Waals surface area contributed by atoms with Crippen LogP contribution < -0.4 is 10.1 Å². The van der Waals surface area contributed by atoms with E-state index in [2.05, 4.69) is 24.1 Å². The van der Waals surface area contributed by atoms with Crippen LogP contribution in [-0.4, -0.2) is 17.9 Å². The van der Waals surface area contributed by atoms with Gasteiger partial charge in [-0.05, 0) is 41.8 Å². The Morgan fingerprint density at radius 3 is 2.48 bits per heavy atom. The SMILES string of the molecule is COc1ccc(NCc2ccccn2)c(C(=O)c2ccc(C(C)C)cc2)c1. The second-order valence-electron chi connectivity index (χ2n) is 6.69.